The lowest BCUT2D eigenvalue weighted by molar-refractivity contribution is -0.330. The first-order chi connectivity index (χ1) is 15.9. The van der Waals surface area contributed by atoms with Gasteiger partial charge < -0.3 is 28.8 Å². The molecule has 2 fully saturated rings. The Morgan fingerprint density at radius 1 is 1.06 bits per heavy atom. The molecule has 33 heavy (non-hydrogen) atoms. The van der Waals surface area contributed by atoms with E-state index in [0.717, 1.165) is 16.7 Å². The van der Waals surface area contributed by atoms with E-state index in [9.17, 15) is 13.5 Å². The number of aliphatic hydroxyl groups excluding tert-OH is 1. The first kappa shape index (κ1) is 24.6. The lowest BCUT2D eigenvalue weighted by atomic mass is 9.98. The molecule has 0 saturated carbocycles. The summed E-state index contributed by atoms with van der Waals surface area (Å²) in [6.45, 7) is 0.103. The predicted octanol–water partition coefficient (Wildman–Crippen LogP) is 2.38. The molecule has 2 heterocycles. The number of thioether (sulfide) groups is 1. The van der Waals surface area contributed by atoms with Gasteiger partial charge in [-0.05, 0) is 12.1 Å². The van der Waals surface area contributed by atoms with Gasteiger partial charge in [0.15, 0.2) is 6.29 Å². The Labute approximate surface area is 198 Å². The van der Waals surface area contributed by atoms with E-state index in [1.807, 2.05) is 60.7 Å². The third-order valence-electron chi connectivity index (χ3n) is 5.32. The average Bonchev–Trinajstić information content (AvgIpc) is 2.81. The van der Waals surface area contributed by atoms with E-state index in [-0.39, 0.29) is 25.8 Å². The third kappa shape index (κ3) is 6.77. The fourth-order valence-corrected chi connectivity index (χ4v) is 5.16. The minimum atomic E-state index is -3.14. The fraction of sp³-hybridized carbons (Fsp3) is 0.478. The summed E-state index contributed by atoms with van der Waals surface area (Å²) in [5.41, 5.74) is 0.254. The van der Waals surface area contributed by atoms with Crippen molar-refractivity contribution in [3.63, 3.8) is 0 Å². The monoisotopic (exact) mass is 496 g/mol. The molecule has 8 nitrogen and oxygen atoms in total. The maximum atomic E-state index is 11.3. The average molecular weight is 497 g/mol. The van der Waals surface area contributed by atoms with Crippen LogP contribution in [0.5, 0.6) is 0 Å². The molecular weight excluding hydrogens is 468 g/mol. The van der Waals surface area contributed by atoms with Crippen molar-refractivity contribution in [2.45, 2.75) is 41.0 Å². The topological polar surface area (TPSA) is 101 Å². The van der Waals surface area contributed by atoms with E-state index < -0.39 is 46.0 Å². The van der Waals surface area contributed by atoms with Gasteiger partial charge in [-0.25, -0.2) is 8.42 Å². The molecule has 0 spiro atoms. The Bertz CT molecular complexity index is 972. The molecule has 1 N–H and O–H groups in total. The highest BCUT2D eigenvalue weighted by Crippen LogP contribution is 2.39. The second-order valence-corrected chi connectivity index (χ2v) is 11.4. The second kappa shape index (κ2) is 11.3. The zero-order valence-electron chi connectivity index (χ0n) is 18.2. The van der Waals surface area contributed by atoms with E-state index >= 15 is 0 Å². The number of rotatable bonds is 9. The van der Waals surface area contributed by atoms with Crippen LogP contribution in [0.25, 0.3) is 0 Å². The summed E-state index contributed by atoms with van der Waals surface area (Å²) in [5, 5.41) is 11.1. The molecule has 10 heteroatoms. The number of hydrogen-bond acceptors (Lipinski definition) is 9. The lowest BCUT2D eigenvalue weighted by Crippen LogP contribution is -2.61. The van der Waals surface area contributed by atoms with E-state index in [0.29, 0.717) is 0 Å². The summed E-state index contributed by atoms with van der Waals surface area (Å²) in [6, 6.07) is 19.2. The van der Waals surface area contributed by atoms with Crippen LogP contribution in [-0.2, 0) is 33.5 Å². The summed E-state index contributed by atoms with van der Waals surface area (Å²) >= 11 is 1.39. The summed E-state index contributed by atoms with van der Waals surface area (Å²) in [6.07, 6.45) is -2.27. The van der Waals surface area contributed by atoms with Gasteiger partial charge in [0.05, 0.1) is 19.0 Å². The van der Waals surface area contributed by atoms with Gasteiger partial charge >= 0.3 is 0 Å². The summed E-state index contributed by atoms with van der Waals surface area (Å²) in [4.78, 5) is 0.947. The molecule has 0 bridgehead atoms. The van der Waals surface area contributed by atoms with E-state index in [4.69, 9.17) is 23.7 Å². The Balaban J connectivity index is 1.45. The number of ether oxygens (including phenoxy) is 5. The molecule has 0 radical (unpaired) electrons. The normalized spacial score (nSPS) is 30.0. The number of benzene rings is 2. The Morgan fingerprint density at radius 3 is 2.45 bits per heavy atom. The van der Waals surface area contributed by atoms with Gasteiger partial charge in [-0.3, -0.25) is 0 Å². The highest BCUT2D eigenvalue weighted by molar-refractivity contribution is 7.99. The van der Waals surface area contributed by atoms with Crippen molar-refractivity contribution in [3.8, 4) is 0 Å². The molecule has 2 aromatic carbocycles. The van der Waals surface area contributed by atoms with Crippen molar-refractivity contribution >= 4 is 21.6 Å². The van der Waals surface area contributed by atoms with Gasteiger partial charge in [-0.15, -0.1) is 0 Å². The predicted molar refractivity (Wildman–Crippen MR) is 122 cm³/mol. The standard InChI is InChI=1S/C23H28O8S2/c1-33(25,26)13-12-27-15-29-21-19(24)23(32-17-10-6-3-7-11-17)30-18-14-28-22(31-20(18)21)16-8-4-2-5-9-16/h2-11,18-24H,12-15H2,1H3/t18-,19+,20-,21-,22?,23+/m1/s1. The van der Waals surface area contributed by atoms with E-state index in [2.05, 4.69) is 0 Å². The van der Waals surface area contributed by atoms with Crippen LogP contribution >= 0.6 is 11.8 Å². The summed E-state index contributed by atoms with van der Waals surface area (Å²) < 4.78 is 52.1. The third-order valence-corrected chi connectivity index (χ3v) is 7.39. The van der Waals surface area contributed by atoms with Crippen LogP contribution in [0, 0.1) is 0 Å². The molecule has 1 unspecified atom stereocenters. The van der Waals surface area contributed by atoms with Crippen LogP contribution in [-0.4, -0.2) is 75.4 Å². The van der Waals surface area contributed by atoms with E-state index in [1.165, 1.54) is 11.8 Å². The van der Waals surface area contributed by atoms with Crippen molar-refractivity contribution in [3.05, 3.63) is 66.2 Å². The molecule has 2 aliphatic rings. The maximum Gasteiger partial charge on any atom is 0.184 e. The van der Waals surface area contributed by atoms with Crippen molar-refractivity contribution in [1.29, 1.82) is 0 Å². The molecule has 0 aliphatic carbocycles. The van der Waals surface area contributed by atoms with Gasteiger partial charge in [-0.2, -0.15) is 0 Å². The zero-order valence-corrected chi connectivity index (χ0v) is 19.8. The van der Waals surface area contributed by atoms with Crippen molar-refractivity contribution in [2.75, 3.05) is 32.0 Å². The van der Waals surface area contributed by atoms with Crippen molar-refractivity contribution in [1.82, 2.24) is 0 Å². The number of fused-ring (bicyclic) bond motifs is 1. The van der Waals surface area contributed by atoms with Crippen LogP contribution in [0.15, 0.2) is 65.6 Å². The summed E-state index contributed by atoms with van der Waals surface area (Å²) in [5.74, 6) is -0.106. The van der Waals surface area contributed by atoms with Gasteiger partial charge in [0.25, 0.3) is 0 Å². The first-order valence-corrected chi connectivity index (χ1v) is 13.6. The second-order valence-electron chi connectivity index (χ2n) is 7.93. The van der Waals surface area contributed by atoms with Gasteiger partial charge in [-0.1, -0.05) is 60.3 Å². The quantitative estimate of drug-likeness (QED) is 0.414. The fourth-order valence-electron chi connectivity index (χ4n) is 3.66. The molecule has 0 aromatic heterocycles. The van der Waals surface area contributed by atoms with Crippen LogP contribution in [0.4, 0.5) is 0 Å². The molecular formula is C23H28O8S2. The molecule has 0 amide bonds. The maximum absolute atomic E-state index is 11.3. The van der Waals surface area contributed by atoms with Crippen LogP contribution < -0.4 is 0 Å². The van der Waals surface area contributed by atoms with Gasteiger partial charge in [0.2, 0.25) is 0 Å². The molecule has 4 rings (SSSR count). The Hall–Kier alpha value is -1.50. The highest BCUT2D eigenvalue weighted by Gasteiger charge is 2.50. The SMILES string of the molecule is CS(=O)(=O)CCOCO[C@@H]1[C@H](O)[C@H](Sc2ccccc2)O[C@@H]2COC(c3ccccc3)O[C@@H]12. The summed E-state index contributed by atoms with van der Waals surface area (Å²) in [7, 11) is -3.14. The Kier molecular flexibility index (Phi) is 8.42. The van der Waals surface area contributed by atoms with Gasteiger partial charge in [0.1, 0.15) is 46.5 Å². The Morgan fingerprint density at radius 2 is 1.76 bits per heavy atom. The lowest BCUT2D eigenvalue weighted by Gasteiger charge is -2.47. The van der Waals surface area contributed by atoms with Crippen molar-refractivity contribution < 1.29 is 37.2 Å². The molecule has 6 atom stereocenters. The minimum Gasteiger partial charge on any atom is -0.387 e. The number of aliphatic hydroxyl groups is 1. The van der Waals surface area contributed by atoms with E-state index in [1.54, 1.807) is 0 Å². The van der Waals surface area contributed by atoms with Crippen LogP contribution in [0.1, 0.15) is 11.9 Å². The molecule has 180 valence electrons. The van der Waals surface area contributed by atoms with Crippen LogP contribution in [0.2, 0.25) is 0 Å². The molecule has 2 aliphatic heterocycles. The zero-order chi connectivity index (χ0) is 23.3. The molecule has 2 saturated heterocycles. The van der Waals surface area contributed by atoms with Gasteiger partial charge in [0, 0.05) is 16.7 Å². The highest BCUT2D eigenvalue weighted by atomic mass is 32.2. The van der Waals surface area contributed by atoms with Crippen molar-refractivity contribution in [2.24, 2.45) is 0 Å². The number of hydrogen-bond donors (Lipinski definition) is 1. The molecule has 2 aromatic rings. The largest absolute Gasteiger partial charge is 0.387 e. The smallest absolute Gasteiger partial charge is 0.184 e. The first-order valence-electron chi connectivity index (χ1n) is 10.6. The number of sulfone groups is 1. The van der Waals surface area contributed by atoms with Crippen LogP contribution in [0.3, 0.4) is 0 Å². The minimum absolute atomic E-state index is 0.00501.